The van der Waals surface area contributed by atoms with Crippen LogP contribution >= 0.6 is 0 Å². The minimum absolute atomic E-state index is 0.400. The smallest absolute Gasteiger partial charge is 0.311 e. The summed E-state index contributed by atoms with van der Waals surface area (Å²) in [5.41, 5.74) is 1.86. The maximum atomic E-state index is 11.2. The molecule has 0 aromatic heterocycles. The number of aliphatic hydroxyl groups excluding tert-OH is 1. The number of hydrogen-bond donors (Lipinski definition) is 1. The Morgan fingerprint density at radius 3 is 2.33 bits per heavy atom. The van der Waals surface area contributed by atoms with Crippen LogP contribution in [0.25, 0.3) is 0 Å². The number of aliphatic hydroxyl groups is 1. The molecule has 0 amide bonds. The van der Waals surface area contributed by atoms with Crippen molar-refractivity contribution < 1.29 is 14.6 Å². The lowest BCUT2D eigenvalue weighted by Gasteiger charge is -2.16. The van der Waals surface area contributed by atoms with Crippen molar-refractivity contribution in [2.45, 2.75) is 20.0 Å². The van der Waals surface area contributed by atoms with Crippen molar-refractivity contribution in [2.75, 3.05) is 7.11 Å². The van der Waals surface area contributed by atoms with Crippen LogP contribution in [0, 0.1) is 12.8 Å². The molecular weight excluding hydrogens is 192 g/mol. The molecule has 0 saturated carbocycles. The van der Waals surface area contributed by atoms with E-state index in [-0.39, 0.29) is 0 Å². The maximum Gasteiger partial charge on any atom is 0.311 e. The number of benzene rings is 1. The van der Waals surface area contributed by atoms with Crippen LogP contribution in [0.15, 0.2) is 24.3 Å². The molecule has 0 fully saturated rings. The predicted molar refractivity (Wildman–Crippen MR) is 57.3 cm³/mol. The number of aryl methyl sites for hydroxylation is 1. The number of hydrogen-bond acceptors (Lipinski definition) is 3. The molecule has 1 N–H and O–H groups in total. The standard InChI is InChI=1S/C12H16O3/c1-8-4-6-10(7-5-8)11(13)9(2)12(14)15-3/h4-7,9,11,13H,1-3H3. The summed E-state index contributed by atoms with van der Waals surface area (Å²) in [6.07, 6.45) is -0.807. The normalized spacial score (nSPS) is 14.4. The molecular formula is C12H16O3. The van der Waals surface area contributed by atoms with Gasteiger partial charge >= 0.3 is 5.97 Å². The highest BCUT2D eigenvalue weighted by Gasteiger charge is 2.23. The number of carbonyl (C=O) groups excluding carboxylic acids is 1. The van der Waals surface area contributed by atoms with Crippen LogP contribution in [-0.4, -0.2) is 18.2 Å². The van der Waals surface area contributed by atoms with Crippen LogP contribution in [-0.2, 0) is 9.53 Å². The summed E-state index contributed by atoms with van der Waals surface area (Å²) < 4.78 is 4.58. The van der Waals surface area contributed by atoms with Gasteiger partial charge in [-0.05, 0) is 19.4 Å². The first-order valence-corrected chi connectivity index (χ1v) is 4.88. The van der Waals surface area contributed by atoms with Crippen LogP contribution in [0.2, 0.25) is 0 Å². The van der Waals surface area contributed by atoms with E-state index in [1.807, 2.05) is 31.2 Å². The number of rotatable bonds is 3. The molecule has 2 unspecified atom stereocenters. The van der Waals surface area contributed by atoms with E-state index in [1.165, 1.54) is 7.11 Å². The van der Waals surface area contributed by atoms with Gasteiger partial charge in [-0.2, -0.15) is 0 Å². The Hall–Kier alpha value is -1.35. The van der Waals surface area contributed by atoms with Gasteiger partial charge in [0.05, 0.1) is 19.1 Å². The highest BCUT2D eigenvalue weighted by molar-refractivity contribution is 5.72. The van der Waals surface area contributed by atoms with Gasteiger partial charge in [0.15, 0.2) is 0 Å². The zero-order valence-corrected chi connectivity index (χ0v) is 9.23. The molecule has 82 valence electrons. The van der Waals surface area contributed by atoms with Gasteiger partial charge in [0.2, 0.25) is 0 Å². The van der Waals surface area contributed by atoms with Gasteiger partial charge in [-0.3, -0.25) is 4.79 Å². The van der Waals surface area contributed by atoms with Gasteiger partial charge in [0, 0.05) is 0 Å². The molecule has 2 atom stereocenters. The number of esters is 1. The van der Waals surface area contributed by atoms with Crippen molar-refractivity contribution in [1.82, 2.24) is 0 Å². The maximum absolute atomic E-state index is 11.2. The molecule has 3 nitrogen and oxygen atoms in total. The third-order valence-corrected chi connectivity index (χ3v) is 2.47. The molecule has 0 bridgehead atoms. The van der Waals surface area contributed by atoms with E-state index in [4.69, 9.17) is 0 Å². The lowest BCUT2D eigenvalue weighted by atomic mass is 9.97. The van der Waals surface area contributed by atoms with Gasteiger partial charge in [-0.1, -0.05) is 29.8 Å². The minimum atomic E-state index is -0.807. The van der Waals surface area contributed by atoms with Crippen molar-refractivity contribution in [2.24, 2.45) is 5.92 Å². The van der Waals surface area contributed by atoms with Crippen molar-refractivity contribution >= 4 is 5.97 Å². The summed E-state index contributed by atoms with van der Waals surface area (Å²) in [7, 11) is 1.32. The number of carbonyl (C=O) groups is 1. The zero-order valence-electron chi connectivity index (χ0n) is 9.23. The molecule has 0 aliphatic heterocycles. The number of methoxy groups -OCH3 is 1. The van der Waals surface area contributed by atoms with Crippen molar-refractivity contribution in [1.29, 1.82) is 0 Å². The van der Waals surface area contributed by atoms with E-state index in [1.54, 1.807) is 6.92 Å². The summed E-state index contributed by atoms with van der Waals surface area (Å²) in [4.78, 5) is 11.2. The average molecular weight is 208 g/mol. The molecule has 1 aromatic carbocycles. The van der Waals surface area contributed by atoms with Crippen LogP contribution < -0.4 is 0 Å². The third-order valence-electron chi connectivity index (χ3n) is 2.47. The molecule has 1 aromatic rings. The van der Waals surface area contributed by atoms with Crippen molar-refractivity contribution in [3.63, 3.8) is 0 Å². The Morgan fingerprint density at radius 1 is 1.33 bits per heavy atom. The second-order valence-electron chi connectivity index (χ2n) is 3.67. The van der Waals surface area contributed by atoms with Gasteiger partial charge in [0.25, 0.3) is 0 Å². The topological polar surface area (TPSA) is 46.5 Å². The van der Waals surface area contributed by atoms with E-state index in [2.05, 4.69) is 4.74 Å². The van der Waals surface area contributed by atoms with Crippen molar-refractivity contribution in [3.05, 3.63) is 35.4 Å². The molecule has 3 heteroatoms. The Balaban J connectivity index is 2.80. The first kappa shape index (κ1) is 11.7. The molecule has 0 aliphatic rings. The van der Waals surface area contributed by atoms with Gasteiger partial charge < -0.3 is 9.84 Å². The largest absolute Gasteiger partial charge is 0.469 e. The molecule has 1 rings (SSSR count). The predicted octanol–water partition coefficient (Wildman–Crippen LogP) is 1.84. The Morgan fingerprint density at radius 2 is 1.87 bits per heavy atom. The van der Waals surface area contributed by atoms with E-state index < -0.39 is 18.0 Å². The van der Waals surface area contributed by atoms with Crippen LogP contribution in [0.3, 0.4) is 0 Å². The Kier molecular flexibility index (Phi) is 3.86. The van der Waals surface area contributed by atoms with Gasteiger partial charge in [0.1, 0.15) is 0 Å². The highest BCUT2D eigenvalue weighted by Crippen LogP contribution is 2.22. The fourth-order valence-electron chi connectivity index (χ4n) is 1.37. The van der Waals surface area contributed by atoms with Gasteiger partial charge in [-0.15, -0.1) is 0 Å². The third kappa shape index (κ3) is 2.80. The van der Waals surface area contributed by atoms with E-state index in [0.29, 0.717) is 0 Å². The summed E-state index contributed by atoms with van der Waals surface area (Å²) >= 11 is 0. The number of ether oxygens (including phenoxy) is 1. The molecule has 15 heavy (non-hydrogen) atoms. The van der Waals surface area contributed by atoms with E-state index in [9.17, 15) is 9.90 Å². The van der Waals surface area contributed by atoms with E-state index in [0.717, 1.165) is 11.1 Å². The minimum Gasteiger partial charge on any atom is -0.469 e. The zero-order chi connectivity index (χ0) is 11.4. The fraction of sp³-hybridized carbons (Fsp3) is 0.417. The summed E-state index contributed by atoms with van der Waals surface area (Å²) in [5.74, 6) is -0.944. The fourth-order valence-corrected chi connectivity index (χ4v) is 1.37. The molecule has 0 spiro atoms. The Labute approximate surface area is 89.7 Å². The summed E-state index contributed by atoms with van der Waals surface area (Å²) in [5, 5.41) is 9.88. The second-order valence-corrected chi connectivity index (χ2v) is 3.67. The monoisotopic (exact) mass is 208 g/mol. The van der Waals surface area contributed by atoms with Gasteiger partial charge in [-0.25, -0.2) is 0 Å². The highest BCUT2D eigenvalue weighted by atomic mass is 16.5. The molecule has 0 aliphatic carbocycles. The van der Waals surface area contributed by atoms with Crippen LogP contribution in [0.1, 0.15) is 24.2 Å². The molecule has 0 saturated heterocycles. The van der Waals surface area contributed by atoms with Crippen molar-refractivity contribution in [3.8, 4) is 0 Å². The lowest BCUT2D eigenvalue weighted by Crippen LogP contribution is -2.20. The van der Waals surface area contributed by atoms with Crippen LogP contribution in [0.4, 0.5) is 0 Å². The molecule has 0 heterocycles. The van der Waals surface area contributed by atoms with Crippen LogP contribution in [0.5, 0.6) is 0 Å². The average Bonchev–Trinajstić information content (AvgIpc) is 2.27. The Bertz CT molecular complexity index is 329. The second kappa shape index (κ2) is 4.94. The SMILES string of the molecule is COC(=O)C(C)C(O)c1ccc(C)cc1. The first-order valence-electron chi connectivity index (χ1n) is 4.88. The first-order chi connectivity index (χ1) is 7.06. The van der Waals surface area contributed by atoms with E-state index >= 15 is 0 Å². The summed E-state index contributed by atoms with van der Waals surface area (Å²) in [6.45, 7) is 3.62. The lowest BCUT2D eigenvalue weighted by molar-refractivity contribution is -0.148. The molecule has 0 radical (unpaired) electrons. The summed E-state index contributed by atoms with van der Waals surface area (Å²) in [6, 6.07) is 7.45. The quantitative estimate of drug-likeness (QED) is 0.771.